The summed E-state index contributed by atoms with van der Waals surface area (Å²) in [5.41, 5.74) is 0. The van der Waals surface area contributed by atoms with Gasteiger partial charge in [-0.3, -0.25) is 18.6 Å². The van der Waals surface area contributed by atoms with E-state index in [1.165, 1.54) is 199 Å². The van der Waals surface area contributed by atoms with Crippen LogP contribution in [-0.4, -0.2) is 74.3 Å². The Morgan fingerprint density at radius 2 is 0.718 bits per heavy atom. The molecule has 2 N–H and O–H groups in total. The third-order valence-electron chi connectivity index (χ3n) is 15.8. The van der Waals surface area contributed by atoms with E-state index in [2.05, 4.69) is 99.0 Å². The number of esters is 1. The van der Waals surface area contributed by atoms with E-state index in [4.69, 9.17) is 13.8 Å². The first-order chi connectivity index (χ1) is 41.4. The molecule has 0 aromatic rings. The number of hydrogen-bond acceptors (Lipinski definition) is 6. The smallest absolute Gasteiger partial charge is 0.456 e. The largest absolute Gasteiger partial charge is 0.472 e. The number of carbonyl (C=O) groups excluding carboxylic acids is 2. The van der Waals surface area contributed by atoms with E-state index < -0.39 is 20.0 Å². The molecule has 0 aromatic heterocycles. The Morgan fingerprint density at radius 3 is 1.09 bits per heavy atom. The van der Waals surface area contributed by atoms with E-state index in [0.29, 0.717) is 17.4 Å². The molecular weight excluding hydrogens is 1070 g/mol. The average Bonchev–Trinajstić information content (AvgIpc) is 3.50. The highest BCUT2D eigenvalue weighted by Crippen LogP contribution is 2.43. The number of nitrogens with zero attached hydrogens (tertiary/aromatic N) is 1. The summed E-state index contributed by atoms with van der Waals surface area (Å²) in [6.45, 7) is 6.98. The van der Waals surface area contributed by atoms with Gasteiger partial charge in [-0.1, -0.05) is 292 Å². The van der Waals surface area contributed by atoms with E-state index in [9.17, 15) is 19.0 Å². The fourth-order valence-electron chi connectivity index (χ4n) is 10.2. The van der Waals surface area contributed by atoms with Crippen molar-refractivity contribution in [3.8, 4) is 0 Å². The molecule has 0 saturated carbocycles. The van der Waals surface area contributed by atoms with Crippen LogP contribution in [0.4, 0.5) is 0 Å². The van der Waals surface area contributed by atoms with Gasteiger partial charge in [0, 0.05) is 12.8 Å². The SMILES string of the molecule is CCCCC/C=C\C/C=C\C/C=C\CCCCCCCCCCCCCCCCC(=O)OC(/C=C\CCCCCCCCCCCCC)C(COP(=O)(O)OCC[N+](C)(C)C)NC(=O)CCCCCCCC/C=C\C/C=C\C/C=C\CCCCC. The molecule has 85 heavy (non-hydrogen) atoms. The lowest BCUT2D eigenvalue weighted by Gasteiger charge is -2.27. The average molecular weight is 1210 g/mol. The normalized spacial score (nSPS) is 14.0. The van der Waals surface area contributed by atoms with Crippen molar-refractivity contribution in [2.24, 2.45) is 0 Å². The minimum atomic E-state index is -4.46. The molecule has 10 heteroatoms. The van der Waals surface area contributed by atoms with Crippen LogP contribution in [0.3, 0.4) is 0 Å². The maximum absolute atomic E-state index is 13.6. The molecule has 0 aromatic carbocycles. The van der Waals surface area contributed by atoms with Gasteiger partial charge in [0.05, 0.1) is 33.8 Å². The van der Waals surface area contributed by atoms with Gasteiger partial charge in [-0.2, -0.15) is 0 Å². The van der Waals surface area contributed by atoms with Gasteiger partial charge >= 0.3 is 13.8 Å². The molecule has 1 amide bonds. The van der Waals surface area contributed by atoms with Crippen LogP contribution in [0.25, 0.3) is 0 Å². The number of carbonyl (C=O) groups is 2. The second-order valence-electron chi connectivity index (χ2n) is 25.4. The molecule has 0 saturated heterocycles. The molecule has 3 unspecified atom stereocenters. The van der Waals surface area contributed by atoms with Gasteiger partial charge in [0.2, 0.25) is 5.91 Å². The van der Waals surface area contributed by atoms with Crippen molar-refractivity contribution in [1.29, 1.82) is 0 Å². The van der Waals surface area contributed by atoms with Crippen molar-refractivity contribution in [2.75, 3.05) is 40.9 Å². The number of phosphoric ester groups is 1. The molecule has 0 aliphatic heterocycles. The van der Waals surface area contributed by atoms with Crippen molar-refractivity contribution in [1.82, 2.24) is 5.32 Å². The number of allylic oxidation sites excluding steroid dienone is 13. The molecule has 0 spiro atoms. The quantitative estimate of drug-likeness (QED) is 0.0205. The molecule has 0 radical (unpaired) electrons. The van der Waals surface area contributed by atoms with E-state index in [-0.39, 0.29) is 31.5 Å². The van der Waals surface area contributed by atoms with E-state index in [0.717, 1.165) is 96.3 Å². The van der Waals surface area contributed by atoms with E-state index in [1.807, 2.05) is 33.3 Å². The first kappa shape index (κ1) is 82.2. The Kier molecular flexibility index (Phi) is 62.1. The second kappa shape index (κ2) is 64.2. The Balaban J connectivity index is 5.08. The fourth-order valence-corrected chi connectivity index (χ4v) is 11.0. The number of unbranched alkanes of at least 4 members (excludes halogenated alkanes) is 37. The number of ether oxygens (including phenoxy) is 1. The highest BCUT2D eigenvalue weighted by Gasteiger charge is 2.30. The zero-order chi connectivity index (χ0) is 62.1. The summed E-state index contributed by atoms with van der Waals surface area (Å²) in [5.74, 6) is -0.513. The third-order valence-corrected chi connectivity index (χ3v) is 16.8. The van der Waals surface area contributed by atoms with Crippen LogP contribution in [0.5, 0.6) is 0 Å². The summed E-state index contributed by atoms with van der Waals surface area (Å²) in [7, 11) is 1.49. The number of rotatable bonds is 65. The van der Waals surface area contributed by atoms with Gasteiger partial charge in [-0.05, 0) is 109 Å². The molecule has 9 nitrogen and oxygen atoms in total. The number of quaternary nitrogens is 1. The molecular formula is C75H138N2O7P+. The topological polar surface area (TPSA) is 111 Å². The Hall–Kier alpha value is -2.81. The highest BCUT2D eigenvalue weighted by molar-refractivity contribution is 7.47. The minimum Gasteiger partial charge on any atom is -0.456 e. The molecule has 0 bridgehead atoms. The first-order valence-corrected chi connectivity index (χ1v) is 37.4. The van der Waals surface area contributed by atoms with Crippen LogP contribution in [0.15, 0.2) is 85.1 Å². The lowest BCUT2D eigenvalue weighted by molar-refractivity contribution is -0.870. The van der Waals surface area contributed by atoms with Gasteiger partial charge in [0.25, 0.3) is 0 Å². The summed E-state index contributed by atoms with van der Waals surface area (Å²) in [6.07, 6.45) is 85.9. The number of likely N-dealkylation sites (N-methyl/N-ethyl adjacent to an activating group) is 1. The lowest BCUT2D eigenvalue weighted by atomic mass is 10.0. The predicted octanol–water partition coefficient (Wildman–Crippen LogP) is 22.9. The molecule has 0 aliphatic rings. The Labute approximate surface area is 526 Å². The molecule has 3 atom stereocenters. The van der Waals surface area contributed by atoms with Crippen molar-refractivity contribution >= 4 is 19.7 Å². The first-order valence-electron chi connectivity index (χ1n) is 35.9. The van der Waals surface area contributed by atoms with Crippen LogP contribution in [0.2, 0.25) is 0 Å². The summed E-state index contributed by atoms with van der Waals surface area (Å²) in [4.78, 5) is 37.9. The number of phosphoric acid groups is 1. The summed E-state index contributed by atoms with van der Waals surface area (Å²) >= 11 is 0. The lowest BCUT2D eigenvalue weighted by Crippen LogP contribution is -2.47. The van der Waals surface area contributed by atoms with Crippen molar-refractivity contribution in [3.05, 3.63) is 85.1 Å². The van der Waals surface area contributed by atoms with E-state index in [1.54, 1.807) is 0 Å². The minimum absolute atomic E-state index is 0.0353. The standard InChI is InChI=1S/C75H137N2O7P/c1-7-10-13-16-19-22-25-28-30-32-34-35-36-37-38-39-40-41-43-45-47-50-53-56-59-62-65-68-75(79)84-73(66-63-60-57-54-51-48-27-24-21-18-15-12-9-3)72(71-83-85(80,81)82-70-69-77(4,5)6)76-74(78)67-64-61-58-55-52-49-46-44-42-33-31-29-26-23-20-17-14-11-8-2/h19-20,22-23,28-31,34-35,42,44,63,66,72-73H,7-18,21,24-27,32-33,36-41,43,45-62,64-65,67-71H2,1-6H3,(H-,76,78,80,81)/p+1/b22-19-,23-20-,30-28-,31-29-,35-34-,44-42-,66-63-. The van der Waals surface area contributed by atoms with Crippen LogP contribution in [0.1, 0.15) is 329 Å². The summed E-state index contributed by atoms with van der Waals surface area (Å²) in [6, 6.07) is -0.860. The fraction of sp³-hybridized carbons (Fsp3) is 0.787. The highest BCUT2D eigenvalue weighted by atomic mass is 31.2. The maximum atomic E-state index is 13.6. The zero-order valence-corrected chi connectivity index (χ0v) is 57.5. The van der Waals surface area contributed by atoms with Crippen LogP contribution < -0.4 is 5.32 Å². The van der Waals surface area contributed by atoms with Crippen molar-refractivity contribution < 1.29 is 37.3 Å². The number of hydrogen-bond donors (Lipinski definition) is 2. The monoisotopic (exact) mass is 1210 g/mol. The zero-order valence-electron chi connectivity index (χ0n) is 56.6. The molecule has 0 aliphatic carbocycles. The third kappa shape index (κ3) is 65.5. The Bertz CT molecular complexity index is 1730. The molecule has 0 rings (SSSR count). The molecule has 0 heterocycles. The Morgan fingerprint density at radius 1 is 0.412 bits per heavy atom. The molecule has 494 valence electrons. The second-order valence-corrected chi connectivity index (χ2v) is 26.9. The number of amides is 1. The number of nitrogens with one attached hydrogen (secondary N) is 1. The van der Waals surface area contributed by atoms with Crippen LogP contribution >= 0.6 is 7.82 Å². The van der Waals surface area contributed by atoms with Crippen LogP contribution in [0, 0.1) is 0 Å². The van der Waals surface area contributed by atoms with E-state index >= 15 is 0 Å². The predicted molar refractivity (Wildman–Crippen MR) is 369 cm³/mol. The van der Waals surface area contributed by atoms with Crippen LogP contribution in [-0.2, 0) is 27.9 Å². The van der Waals surface area contributed by atoms with Gasteiger partial charge in [-0.25, -0.2) is 4.57 Å². The van der Waals surface area contributed by atoms with Crippen molar-refractivity contribution in [2.45, 2.75) is 341 Å². The van der Waals surface area contributed by atoms with Gasteiger partial charge < -0.3 is 19.4 Å². The molecule has 0 fully saturated rings. The van der Waals surface area contributed by atoms with Gasteiger partial charge in [-0.15, -0.1) is 0 Å². The summed E-state index contributed by atoms with van der Waals surface area (Å²) in [5, 5.41) is 3.07. The van der Waals surface area contributed by atoms with Gasteiger partial charge in [0.1, 0.15) is 19.3 Å². The van der Waals surface area contributed by atoms with Gasteiger partial charge in [0.15, 0.2) is 0 Å². The van der Waals surface area contributed by atoms with Crippen molar-refractivity contribution in [3.63, 3.8) is 0 Å². The maximum Gasteiger partial charge on any atom is 0.472 e. The summed E-state index contributed by atoms with van der Waals surface area (Å²) < 4.78 is 30.8.